The number of carbonyl (C=O) groups excluding carboxylic acids is 1. The predicted molar refractivity (Wildman–Crippen MR) is 56.4 cm³/mol. The lowest BCUT2D eigenvalue weighted by molar-refractivity contribution is -0.118. The highest BCUT2D eigenvalue weighted by atomic mass is 19.1. The van der Waals surface area contributed by atoms with Crippen LogP contribution in [0.2, 0.25) is 0 Å². The van der Waals surface area contributed by atoms with E-state index in [9.17, 15) is 9.18 Å². The van der Waals surface area contributed by atoms with Crippen LogP contribution in [0.15, 0.2) is 18.2 Å². The number of hydrogen-bond acceptors (Lipinski definition) is 3. The molecule has 1 aromatic rings. The van der Waals surface area contributed by atoms with Crippen molar-refractivity contribution in [1.29, 1.82) is 0 Å². The van der Waals surface area contributed by atoms with Crippen molar-refractivity contribution < 1.29 is 19.0 Å². The molecule has 1 aromatic carbocycles. The summed E-state index contributed by atoms with van der Waals surface area (Å²) < 4.78 is 17.9. The van der Waals surface area contributed by atoms with Crippen molar-refractivity contribution in [3.63, 3.8) is 0 Å². The first-order chi connectivity index (χ1) is 7.67. The van der Waals surface area contributed by atoms with Crippen molar-refractivity contribution in [3.05, 3.63) is 24.0 Å². The molecule has 16 heavy (non-hydrogen) atoms. The van der Waals surface area contributed by atoms with Crippen molar-refractivity contribution in [1.82, 2.24) is 0 Å². The molecule has 0 saturated heterocycles. The third-order valence-electron chi connectivity index (χ3n) is 1.67. The van der Waals surface area contributed by atoms with Gasteiger partial charge in [-0.05, 0) is 12.1 Å². The summed E-state index contributed by atoms with van der Waals surface area (Å²) in [4.78, 5) is 10.9. The molecular formula is C11H10FNO3. The summed E-state index contributed by atoms with van der Waals surface area (Å²) in [5, 5.41) is 10.9. The maximum Gasteiger partial charge on any atom is 0.250 e. The molecule has 0 aromatic heterocycles. The first kappa shape index (κ1) is 12.0. The van der Waals surface area contributed by atoms with Gasteiger partial charge in [0.25, 0.3) is 0 Å². The molecule has 0 bridgehead atoms. The Morgan fingerprint density at radius 3 is 3.00 bits per heavy atom. The molecule has 0 aliphatic heterocycles. The van der Waals surface area contributed by atoms with Gasteiger partial charge in [-0.3, -0.25) is 4.79 Å². The molecule has 84 valence electrons. The van der Waals surface area contributed by atoms with Gasteiger partial charge in [0.05, 0.1) is 5.69 Å². The molecule has 0 aliphatic rings. The maximum absolute atomic E-state index is 12.9. The second kappa shape index (κ2) is 5.73. The average Bonchev–Trinajstić information content (AvgIpc) is 2.29. The van der Waals surface area contributed by atoms with E-state index in [0.29, 0.717) is 0 Å². The van der Waals surface area contributed by atoms with Gasteiger partial charge in [0.2, 0.25) is 5.91 Å². The SMILES string of the molecule is C#CCOc1cc(F)ccc1NC(=O)CO. The second-order valence-electron chi connectivity index (χ2n) is 2.84. The summed E-state index contributed by atoms with van der Waals surface area (Å²) in [5.74, 6) is 1.23. The van der Waals surface area contributed by atoms with Crippen LogP contribution >= 0.6 is 0 Å². The Labute approximate surface area is 92.0 Å². The minimum Gasteiger partial charge on any atom is -0.479 e. The van der Waals surface area contributed by atoms with Crippen LogP contribution in [0.5, 0.6) is 5.75 Å². The molecule has 2 N–H and O–H groups in total. The third kappa shape index (κ3) is 3.26. The van der Waals surface area contributed by atoms with Gasteiger partial charge in [-0.25, -0.2) is 4.39 Å². The molecule has 0 unspecified atom stereocenters. The van der Waals surface area contributed by atoms with Crippen LogP contribution in [0.25, 0.3) is 0 Å². The highest BCUT2D eigenvalue weighted by molar-refractivity contribution is 5.92. The summed E-state index contributed by atoms with van der Waals surface area (Å²) in [7, 11) is 0. The number of aliphatic hydroxyl groups excluding tert-OH is 1. The lowest BCUT2D eigenvalue weighted by Gasteiger charge is -2.10. The highest BCUT2D eigenvalue weighted by Gasteiger charge is 2.08. The third-order valence-corrected chi connectivity index (χ3v) is 1.67. The molecule has 4 nitrogen and oxygen atoms in total. The largest absolute Gasteiger partial charge is 0.479 e. The summed E-state index contributed by atoms with van der Waals surface area (Å²) in [6.07, 6.45) is 5.00. The zero-order chi connectivity index (χ0) is 12.0. The Morgan fingerprint density at radius 1 is 1.62 bits per heavy atom. The zero-order valence-corrected chi connectivity index (χ0v) is 8.37. The Morgan fingerprint density at radius 2 is 2.38 bits per heavy atom. The van der Waals surface area contributed by atoms with E-state index < -0.39 is 18.3 Å². The molecule has 0 saturated carbocycles. The minimum absolute atomic E-state index is 0.0363. The Kier molecular flexibility index (Phi) is 4.30. The van der Waals surface area contributed by atoms with Crippen LogP contribution in [0, 0.1) is 18.2 Å². The number of terminal acetylenes is 1. The fourth-order valence-electron chi connectivity index (χ4n) is 1.03. The van der Waals surface area contributed by atoms with E-state index in [1.807, 2.05) is 0 Å². The number of carbonyl (C=O) groups is 1. The number of amides is 1. The highest BCUT2D eigenvalue weighted by Crippen LogP contribution is 2.25. The molecule has 0 radical (unpaired) electrons. The van der Waals surface area contributed by atoms with E-state index in [-0.39, 0.29) is 18.0 Å². The lowest BCUT2D eigenvalue weighted by Crippen LogP contribution is -2.16. The summed E-state index contributed by atoms with van der Waals surface area (Å²) in [6, 6.07) is 3.59. The van der Waals surface area contributed by atoms with E-state index in [2.05, 4.69) is 11.2 Å². The smallest absolute Gasteiger partial charge is 0.250 e. The fraction of sp³-hybridized carbons (Fsp3) is 0.182. The first-order valence-electron chi connectivity index (χ1n) is 4.44. The van der Waals surface area contributed by atoms with Crippen molar-refractivity contribution >= 4 is 11.6 Å². The predicted octanol–water partition coefficient (Wildman–Crippen LogP) is 0.768. The zero-order valence-electron chi connectivity index (χ0n) is 8.37. The topological polar surface area (TPSA) is 58.6 Å². The minimum atomic E-state index is -0.661. The number of benzene rings is 1. The number of ether oxygens (including phenoxy) is 1. The van der Waals surface area contributed by atoms with E-state index >= 15 is 0 Å². The van der Waals surface area contributed by atoms with E-state index in [1.165, 1.54) is 6.07 Å². The Hall–Kier alpha value is -2.06. The number of hydrogen-bond donors (Lipinski definition) is 2. The van der Waals surface area contributed by atoms with Crippen LogP contribution in [-0.4, -0.2) is 24.2 Å². The standard InChI is InChI=1S/C11H10FNO3/c1-2-5-16-10-6-8(12)3-4-9(10)13-11(15)7-14/h1,3-4,6,14H,5,7H2,(H,13,15). The molecule has 1 rings (SSSR count). The summed E-state index contributed by atoms with van der Waals surface area (Å²) in [6.45, 7) is -0.697. The number of rotatable bonds is 4. The average molecular weight is 223 g/mol. The first-order valence-corrected chi connectivity index (χ1v) is 4.44. The quantitative estimate of drug-likeness (QED) is 0.741. The van der Waals surface area contributed by atoms with Gasteiger partial charge in [-0.1, -0.05) is 5.92 Å². The van der Waals surface area contributed by atoms with Crippen LogP contribution in [-0.2, 0) is 4.79 Å². The Balaban J connectivity index is 2.89. The van der Waals surface area contributed by atoms with Gasteiger partial charge in [0.1, 0.15) is 24.8 Å². The normalized spacial score (nSPS) is 9.31. The van der Waals surface area contributed by atoms with Gasteiger partial charge in [-0.2, -0.15) is 0 Å². The number of anilines is 1. The number of aliphatic hydroxyl groups is 1. The van der Waals surface area contributed by atoms with Crippen molar-refractivity contribution in [2.45, 2.75) is 0 Å². The van der Waals surface area contributed by atoms with Crippen LogP contribution in [0.4, 0.5) is 10.1 Å². The Bertz CT molecular complexity index is 426. The number of nitrogens with one attached hydrogen (secondary N) is 1. The van der Waals surface area contributed by atoms with E-state index in [1.54, 1.807) is 0 Å². The van der Waals surface area contributed by atoms with Crippen LogP contribution in [0.3, 0.4) is 0 Å². The van der Waals surface area contributed by atoms with Gasteiger partial charge in [0, 0.05) is 6.07 Å². The molecule has 0 atom stereocenters. The molecule has 0 spiro atoms. The lowest BCUT2D eigenvalue weighted by atomic mass is 10.3. The van der Waals surface area contributed by atoms with Crippen molar-refractivity contribution in [2.24, 2.45) is 0 Å². The van der Waals surface area contributed by atoms with Crippen molar-refractivity contribution in [3.8, 4) is 18.1 Å². The van der Waals surface area contributed by atoms with Gasteiger partial charge < -0.3 is 15.2 Å². The molecule has 5 heteroatoms. The van der Waals surface area contributed by atoms with Crippen LogP contribution in [0.1, 0.15) is 0 Å². The van der Waals surface area contributed by atoms with Crippen LogP contribution < -0.4 is 10.1 Å². The molecule has 0 fully saturated rings. The fourth-order valence-corrected chi connectivity index (χ4v) is 1.03. The van der Waals surface area contributed by atoms with Gasteiger partial charge >= 0.3 is 0 Å². The van der Waals surface area contributed by atoms with Gasteiger partial charge in [-0.15, -0.1) is 6.42 Å². The van der Waals surface area contributed by atoms with Gasteiger partial charge in [0.15, 0.2) is 0 Å². The summed E-state index contributed by atoms with van der Waals surface area (Å²) in [5.41, 5.74) is 0.260. The maximum atomic E-state index is 12.9. The number of halogens is 1. The van der Waals surface area contributed by atoms with E-state index in [4.69, 9.17) is 16.3 Å². The molecular weight excluding hydrogens is 213 g/mol. The second-order valence-corrected chi connectivity index (χ2v) is 2.84. The molecule has 0 aliphatic carbocycles. The summed E-state index contributed by atoms with van der Waals surface area (Å²) >= 11 is 0. The monoisotopic (exact) mass is 223 g/mol. The van der Waals surface area contributed by atoms with Crippen molar-refractivity contribution in [2.75, 3.05) is 18.5 Å². The molecule has 1 amide bonds. The van der Waals surface area contributed by atoms with E-state index in [0.717, 1.165) is 12.1 Å². The molecule has 0 heterocycles.